The minimum atomic E-state index is -0.305. The smallest absolute Gasteiger partial charge is 0.323 e. The Morgan fingerprint density at radius 1 is 0.482 bits per heavy atom. The van der Waals surface area contributed by atoms with Gasteiger partial charge in [-0.2, -0.15) is 0 Å². The monoisotopic (exact) mass is 1190 g/mol. The number of fused-ring (bicyclic) bond motifs is 6. The molecule has 9 aliphatic rings. The van der Waals surface area contributed by atoms with Crippen molar-refractivity contribution in [3.05, 3.63) is 142 Å². The van der Waals surface area contributed by atoms with Gasteiger partial charge >= 0.3 is 18.1 Å². The zero-order valence-corrected chi connectivity index (χ0v) is 49.3. The highest BCUT2D eigenvalue weighted by atomic mass is 35.5. The number of carbonyl (C=O) groups is 6. The lowest BCUT2D eigenvalue weighted by Crippen LogP contribution is -2.61. The molecule has 0 radical (unpaired) electrons. The molecule has 3 N–H and O–H groups in total. The third-order valence-corrected chi connectivity index (χ3v) is 18.4. The molecular formula is C62H65Cl2N15O6. The normalized spacial score (nSPS) is 20.2. The Bertz CT molecular complexity index is 3740. The lowest BCUT2D eigenvalue weighted by Gasteiger charge is -2.49. The number of amides is 9. The Hall–Kier alpha value is -8.21. The summed E-state index contributed by atoms with van der Waals surface area (Å²) >= 11 is 12.3. The molecule has 3 aromatic heterocycles. The van der Waals surface area contributed by atoms with Gasteiger partial charge < -0.3 is 45.3 Å². The van der Waals surface area contributed by atoms with Crippen LogP contribution in [0, 0.1) is 23.2 Å². The highest BCUT2D eigenvalue weighted by Gasteiger charge is 2.52. The molecular weight excluding hydrogens is 1120 g/mol. The van der Waals surface area contributed by atoms with E-state index >= 15 is 0 Å². The van der Waals surface area contributed by atoms with E-state index in [2.05, 4.69) is 66.6 Å². The van der Waals surface area contributed by atoms with E-state index in [9.17, 15) is 28.8 Å². The van der Waals surface area contributed by atoms with Gasteiger partial charge in [-0.1, -0.05) is 41.8 Å². The first-order valence-corrected chi connectivity index (χ1v) is 29.5. The fraction of sp³-hybridized carbons (Fsp3) is 0.371. The van der Waals surface area contributed by atoms with Crippen LogP contribution in [-0.2, 0) is 0 Å². The first-order valence-electron chi connectivity index (χ1n) is 28.8. The third kappa shape index (κ3) is 10.2. The number of urea groups is 3. The van der Waals surface area contributed by atoms with E-state index < -0.39 is 0 Å². The Balaban J connectivity index is 0.000000119. The second-order valence-corrected chi connectivity index (χ2v) is 25.2. The number of pyridine rings is 3. The Morgan fingerprint density at radius 2 is 0.894 bits per heavy atom. The fourth-order valence-corrected chi connectivity index (χ4v) is 14.4. The molecule has 3 spiro atoms. The van der Waals surface area contributed by atoms with Crippen molar-refractivity contribution in [1.29, 1.82) is 0 Å². The molecule has 21 nitrogen and oxygen atoms in total. The quantitative estimate of drug-likeness (QED) is 0.141. The number of hydrogen-bond donors (Lipinski definition) is 3. The van der Waals surface area contributed by atoms with E-state index in [0.29, 0.717) is 97.9 Å². The van der Waals surface area contributed by atoms with Crippen LogP contribution in [0.3, 0.4) is 0 Å². The largest absolute Gasteiger partial charge is 0.330 e. The zero-order valence-electron chi connectivity index (χ0n) is 47.8. The summed E-state index contributed by atoms with van der Waals surface area (Å²) in [6.07, 6.45) is 8.02. The maximum Gasteiger partial charge on any atom is 0.330 e. The van der Waals surface area contributed by atoms with Crippen LogP contribution in [0.2, 0.25) is 10.0 Å². The van der Waals surface area contributed by atoms with Crippen molar-refractivity contribution >= 4 is 111 Å². The van der Waals surface area contributed by atoms with Gasteiger partial charge in [0.15, 0.2) is 17.5 Å². The van der Waals surface area contributed by atoms with Gasteiger partial charge in [-0.05, 0) is 138 Å². The fourth-order valence-electron chi connectivity index (χ4n) is 14.1. The summed E-state index contributed by atoms with van der Waals surface area (Å²) in [6.45, 7) is 15.7. The van der Waals surface area contributed by atoms with Gasteiger partial charge in [0.1, 0.15) is 0 Å². The number of benzene rings is 3. The molecule has 9 amide bonds. The SMILES string of the molecule is CCN1CCC2(C1)CN(C(=O)N1c3ccc(C)cc3C(=O)Nc3cccnc31)C2.CN1CC2(CCN(C(=O)N3c4cc(Cl)ccc4C(=O)Nc4cccnc43)C2)C1.CN1CC2(CCN(C(=O)N3c4ccc(Cl)cc4C(=O)Nc4cccnc43)C2)C1. The lowest BCUT2D eigenvalue weighted by molar-refractivity contribution is 0.0339. The molecule has 0 atom stereocenters. The molecule has 3 aromatic carbocycles. The number of aryl methyl sites for hydroxylation is 1. The predicted molar refractivity (Wildman–Crippen MR) is 326 cm³/mol. The van der Waals surface area contributed by atoms with Crippen LogP contribution in [0.1, 0.15) is 62.8 Å². The van der Waals surface area contributed by atoms with E-state index in [1.54, 1.807) is 101 Å². The van der Waals surface area contributed by atoms with Crippen LogP contribution in [-0.4, -0.2) is 179 Å². The molecule has 6 saturated heterocycles. The van der Waals surface area contributed by atoms with Crippen LogP contribution in [0.15, 0.2) is 110 Å². The van der Waals surface area contributed by atoms with Crippen LogP contribution >= 0.6 is 23.2 Å². The van der Waals surface area contributed by atoms with Crippen molar-refractivity contribution in [3.63, 3.8) is 0 Å². The van der Waals surface area contributed by atoms with Gasteiger partial charge in [0.05, 0.1) is 50.8 Å². The maximum absolute atomic E-state index is 13.6. The van der Waals surface area contributed by atoms with Gasteiger partial charge in [-0.3, -0.25) is 14.4 Å². The van der Waals surface area contributed by atoms with Crippen LogP contribution < -0.4 is 30.7 Å². The molecule has 6 aromatic rings. The molecule has 6 fully saturated rings. The van der Waals surface area contributed by atoms with Gasteiger partial charge in [0.2, 0.25) is 0 Å². The topological polar surface area (TPSA) is 206 Å². The number of likely N-dealkylation sites (tertiary alicyclic amines) is 6. The Labute approximate surface area is 502 Å². The molecule has 0 bridgehead atoms. The number of nitrogens with one attached hydrogen (secondary N) is 3. The summed E-state index contributed by atoms with van der Waals surface area (Å²) in [5.74, 6) is 0.496. The van der Waals surface area contributed by atoms with Crippen molar-refractivity contribution in [2.24, 2.45) is 16.2 Å². The number of nitrogens with zero attached hydrogens (tertiary/aromatic N) is 12. The summed E-state index contributed by atoms with van der Waals surface area (Å²) in [7, 11) is 4.20. The van der Waals surface area contributed by atoms with Crippen LogP contribution in [0.4, 0.5) is 66.0 Å². The van der Waals surface area contributed by atoms with Crippen LogP contribution in [0.25, 0.3) is 0 Å². The number of aromatic nitrogens is 3. The Morgan fingerprint density at radius 3 is 1.39 bits per heavy atom. The zero-order chi connectivity index (χ0) is 59.1. The number of rotatable bonds is 1. The second-order valence-electron chi connectivity index (χ2n) is 24.3. The minimum absolute atomic E-state index is 0.118. The van der Waals surface area contributed by atoms with Crippen molar-refractivity contribution < 1.29 is 28.8 Å². The average molecular weight is 1190 g/mol. The van der Waals surface area contributed by atoms with Gasteiger partial charge in [0.25, 0.3) is 17.7 Å². The first kappa shape index (κ1) is 56.0. The van der Waals surface area contributed by atoms with E-state index in [1.165, 1.54) is 4.90 Å². The highest BCUT2D eigenvalue weighted by Crippen LogP contribution is 2.47. The number of anilines is 9. The molecule has 0 saturated carbocycles. The third-order valence-electron chi connectivity index (χ3n) is 18.0. The van der Waals surface area contributed by atoms with E-state index in [1.807, 2.05) is 39.8 Å². The van der Waals surface area contributed by atoms with E-state index in [4.69, 9.17) is 23.2 Å². The number of carbonyl (C=O) groups excluding carboxylic acids is 6. The summed E-state index contributed by atoms with van der Waals surface area (Å²) in [6, 6.07) is 25.6. The molecule has 0 aliphatic carbocycles. The van der Waals surface area contributed by atoms with E-state index in [0.717, 1.165) is 90.3 Å². The lowest BCUT2D eigenvalue weighted by atomic mass is 9.79. The first-order chi connectivity index (χ1) is 40.9. The van der Waals surface area contributed by atoms with Gasteiger partial charge in [-0.25, -0.2) is 44.0 Å². The Kier molecular flexibility index (Phi) is 14.3. The average Bonchev–Trinajstić information content (AvgIpc) is 2.65. The van der Waals surface area contributed by atoms with Gasteiger partial charge in [-0.15, -0.1) is 0 Å². The minimum Gasteiger partial charge on any atom is -0.323 e. The van der Waals surface area contributed by atoms with Crippen molar-refractivity contribution in [1.82, 2.24) is 44.4 Å². The summed E-state index contributed by atoms with van der Waals surface area (Å²) in [5, 5.41) is 9.51. The summed E-state index contributed by atoms with van der Waals surface area (Å²) in [4.78, 5) is 110. The predicted octanol–water partition coefficient (Wildman–Crippen LogP) is 9.63. The second kappa shape index (κ2) is 21.7. The van der Waals surface area contributed by atoms with Crippen molar-refractivity contribution in [2.75, 3.05) is 130 Å². The summed E-state index contributed by atoms with van der Waals surface area (Å²) in [5.41, 5.74) is 5.91. The van der Waals surface area contributed by atoms with Crippen molar-refractivity contribution in [2.45, 2.75) is 33.1 Å². The number of hydrogen-bond acceptors (Lipinski definition) is 12. The molecule has 23 heteroatoms. The van der Waals surface area contributed by atoms with E-state index in [-0.39, 0.29) is 52.1 Å². The standard InChI is InChI=1S/C22H25N5O2.2C20H20ClN5O2/c1-3-25-10-8-22(12-25)13-26(14-22)21(29)27-18-7-6-15(2)11-16(18)20(28)24-17-5-4-9-23-19(17)27;1-24-10-20(11-24)6-8-25(12-20)19(28)26-16-5-4-13(21)9-14(16)18(27)23-15-3-2-7-22-17(15)26;1-24-10-20(11-24)6-8-25(12-20)19(28)26-16-9-13(21)4-5-14(16)18(27)23-15-3-2-7-22-17(15)26/h4-7,9,11H,3,8,10,12-14H2,1-2H3,(H,24,28);2*2-5,7,9H,6,8,10-12H2,1H3,(H,23,27). The summed E-state index contributed by atoms with van der Waals surface area (Å²) < 4.78 is 0. The van der Waals surface area contributed by atoms with Gasteiger partial charge in [0, 0.05) is 117 Å². The molecule has 438 valence electrons. The molecule has 9 aliphatic heterocycles. The van der Waals surface area contributed by atoms with Crippen molar-refractivity contribution in [3.8, 4) is 0 Å². The maximum atomic E-state index is 13.6. The molecule has 15 rings (SSSR count). The molecule has 12 heterocycles. The highest BCUT2D eigenvalue weighted by molar-refractivity contribution is 6.32. The molecule has 0 unspecified atom stereocenters. The number of halogens is 2. The molecule has 85 heavy (non-hydrogen) atoms. The van der Waals surface area contributed by atoms with Crippen LogP contribution in [0.5, 0.6) is 0 Å².